The van der Waals surface area contributed by atoms with Crippen molar-refractivity contribution in [1.29, 1.82) is 0 Å². The Morgan fingerprint density at radius 1 is 1.03 bits per heavy atom. The number of rotatable bonds is 8. The van der Waals surface area contributed by atoms with Crippen LogP contribution in [0.1, 0.15) is 27.4 Å². The predicted octanol–water partition coefficient (Wildman–Crippen LogP) is 4.25. The van der Waals surface area contributed by atoms with Gasteiger partial charge < -0.3 is 14.8 Å². The molecular weight excluding hydrogens is 412 g/mol. The van der Waals surface area contributed by atoms with E-state index in [9.17, 15) is 4.79 Å². The van der Waals surface area contributed by atoms with Crippen LogP contribution in [0.2, 0.25) is 0 Å². The normalized spacial score (nSPS) is 10.5. The Kier molecular flexibility index (Phi) is 6.49. The summed E-state index contributed by atoms with van der Waals surface area (Å²) in [6, 6.07) is 20.6. The van der Waals surface area contributed by atoms with Crippen LogP contribution in [0, 0.1) is 0 Å². The van der Waals surface area contributed by atoms with Crippen molar-refractivity contribution in [2.24, 2.45) is 0 Å². The number of hydrogen-bond donors (Lipinski definition) is 1. The molecule has 0 saturated heterocycles. The van der Waals surface area contributed by atoms with E-state index in [0.29, 0.717) is 41.0 Å². The Labute approximate surface area is 183 Å². The Bertz CT molecular complexity index is 1150. The summed E-state index contributed by atoms with van der Waals surface area (Å²) in [5, 5.41) is 3.26. The minimum Gasteiger partial charge on any atom is -0.493 e. The van der Waals surface area contributed by atoms with E-state index in [1.807, 2.05) is 48.5 Å². The van der Waals surface area contributed by atoms with E-state index in [4.69, 9.17) is 9.47 Å². The maximum absolute atomic E-state index is 12.5. The van der Waals surface area contributed by atoms with E-state index in [1.54, 1.807) is 24.4 Å². The summed E-state index contributed by atoms with van der Waals surface area (Å²) in [6.07, 6.45) is 2.32. The smallest absolute Gasteiger partial charge is 0.298 e. The molecule has 156 valence electrons. The second-order valence-electron chi connectivity index (χ2n) is 6.61. The van der Waals surface area contributed by atoms with Gasteiger partial charge in [-0.1, -0.05) is 36.4 Å². The molecule has 0 aliphatic rings. The van der Waals surface area contributed by atoms with Crippen LogP contribution in [0.25, 0.3) is 0 Å². The maximum Gasteiger partial charge on any atom is 0.298 e. The van der Waals surface area contributed by atoms with Crippen LogP contribution in [0.15, 0.2) is 72.9 Å². The van der Waals surface area contributed by atoms with E-state index in [2.05, 4.69) is 19.7 Å². The predicted molar refractivity (Wildman–Crippen MR) is 118 cm³/mol. The van der Waals surface area contributed by atoms with E-state index < -0.39 is 0 Å². The van der Waals surface area contributed by atoms with Crippen LogP contribution in [-0.4, -0.2) is 27.4 Å². The molecule has 0 unspecified atom stereocenters. The van der Waals surface area contributed by atoms with Gasteiger partial charge in [0.2, 0.25) is 0 Å². The molecule has 2 aromatic heterocycles. The number of methoxy groups -OCH3 is 1. The highest BCUT2D eigenvalue weighted by Crippen LogP contribution is 2.33. The number of pyridine rings is 1. The minimum atomic E-state index is -0.225. The average Bonchev–Trinajstić information content (AvgIpc) is 3.25. The van der Waals surface area contributed by atoms with Crippen molar-refractivity contribution in [2.75, 3.05) is 7.11 Å². The number of amides is 1. The zero-order valence-corrected chi connectivity index (χ0v) is 17.6. The molecule has 0 saturated carbocycles. The molecule has 2 heterocycles. The molecule has 4 aromatic rings. The van der Waals surface area contributed by atoms with Crippen molar-refractivity contribution >= 4 is 17.4 Å². The molecule has 0 spiro atoms. The van der Waals surface area contributed by atoms with Gasteiger partial charge in [0.15, 0.2) is 17.3 Å². The van der Waals surface area contributed by atoms with Crippen molar-refractivity contribution in [2.45, 2.75) is 13.0 Å². The third-order valence-electron chi connectivity index (χ3n) is 4.43. The molecule has 1 N–H and O–H groups in total. The summed E-state index contributed by atoms with van der Waals surface area (Å²) in [5.74, 6) is 1.36. The van der Waals surface area contributed by atoms with Crippen LogP contribution in [-0.2, 0) is 13.0 Å². The first-order chi connectivity index (χ1) is 15.2. The van der Waals surface area contributed by atoms with Crippen molar-refractivity contribution in [3.05, 3.63) is 95.6 Å². The first-order valence-electron chi connectivity index (χ1n) is 9.62. The molecule has 0 bridgehead atoms. The lowest BCUT2D eigenvalue weighted by Crippen LogP contribution is -2.23. The van der Waals surface area contributed by atoms with Gasteiger partial charge in [0, 0.05) is 29.7 Å². The molecule has 1 amide bonds. The largest absolute Gasteiger partial charge is 0.493 e. The van der Waals surface area contributed by atoms with Crippen molar-refractivity contribution in [1.82, 2.24) is 19.7 Å². The number of carbonyl (C=O) groups excluding carboxylic acids is 1. The Morgan fingerprint density at radius 3 is 2.65 bits per heavy atom. The van der Waals surface area contributed by atoms with Gasteiger partial charge in [0.1, 0.15) is 0 Å². The van der Waals surface area contributed by atoms with Crippen LogP contribution in [0.3, 0.4) is 0 Å². The van der Waals surface area contributed by atoms with Crippen LogP contribution < -0.4 is 14.8 Å². The SMILES string of the molecule is COc1cc(C(=O)NCc2ccccn2)ccc1Oc1nc(Cc2ccccc2)ns1. The molecule has 0 fully saturated rings. The molecule has 0 radical (unpaired) electrons. The highest BCUT2D eigenvalue weighted by Gasteiger charge is 2.14. The fourth-order valence-electron chi connectivity index (χ4n) is 2.89. The topological polar surface area (TPSA) is 86.2 Å². The summed E-state index contributed by atoms with van der Waals surface area (Å²) in [4.78, 5) is 21.1. The van der Waals surface area contributed by atoms with E-state index in [0.717, 1.165) is 11.3 Å². The first-order valence-corrected chi connectivity index (χ1v) is 10.4. The quantitative estimate of drug-likeness (QED) is 0.448. The number of carbonyl (C=O) groups is 1. The molecule has 31 heavy (non-hydrogen) atoms. The number of nitrogens with one attached hydrogen (secondary N) is 1. The molecule has 0 aliphatic heterocycles. The van der Waals surface area contributed by atoms with Crippen LogP contribution in [0.4, 0.5) is 0 Å². The first kappa shape index (κ1) is 20.5. The summed E-state index contributed by atoms with van der Waals surface area (Å²) in [5.41, 5.74) is 2.37. The second-order valence-corrected chi connectivity index (χ2v) is 7.32. The number of aromatic nitrogens is 3. The third kappa shape index (κ3) is 5.43. The fraction of sp³-hybridized carbons (Fsp3) is 0.130. The lowest BCUT2D eigenvalue weighted by Gasteiger charge is -2.10. The van der Waals surface area contributed by atoms with Gasteiger partial charge in [0.05, 0.1) is 19.3 Å². The molecule has 7 nitrogen and oxygen atoms in total. The Morgan fingerprint density at radius 2 is 1.87 bits per heavy atom. The standard InChI is InChI=1S/C23H20N4O3S/c1-29-20-14-17(22(28)25-15-18-9-5-6-12-24-18)10-11-19(20)30-23-26-21(27-31-23)13-16-7-3-2-4-8-16/h2-12,14H,13,15H2,1H3,(H,25,28). The Balaban J connectivity index is 1.42. The molecule has 2 aromatic carbocycles. The van der Waals surface area contributed by atoms with Gasteiger partial charge in [-0.15, -0.1) is 0 Å². The maximum atomic E-state index is 12.5. The number of hydrogen-bond acceptors (Lipinski definition) is 7. The summed E-state index contributed by atoms with van der Waals surface area (Å²) in [6.45, 7) is 0.342. The van der Waals surface area contributed by atoms with E-state index in [1.165, 1.54) is 18.6 Å². The van der Waals surface area contributed by atoms with Gasteiger partial charge in [-0.2, -0.15) is 9.36 Å². The highest BCUT2D eigenvalue weighted by molar-refractivity contribution is 7.07. The molecule has 0 atom stereocenters. The van der Waals surface area contributed by atoms with Gasteiger partial charge in [-0.3, -0.25) is 9.78 Å². The lowest BCUT2D eigenvalue weighted by atomic mass is 10.1. The van der Waals surface area contributed by atoms with Gasteiger partial charge >= 0.3 is 0 Å². The van der Waals surface area contributed by atoms with Crippen molar-refractivity contribution < 1.29 is 14.3 Å². The number of nitrogens with zero attached hydrogens (tertiary/aromatic N) is 3. The summed E-state index contributed by atoms with van der Waals surface area (Å²) >= 11 is 1.17. The van der Waals surface area contributed by atoms with Crippen LogP contribution >= 0.6 is 11.5 Å². The number of benzene rings is 2. The second kappa shape index (κ2) is 9.82. The van der Waals surface area contributed by atoms with Crippen molar-refractivity contribution in [3.8, 4) is 16.7 Å². The highest BCUT2D eigenvalue weighted by atomic mass is 32.1. The molecule has 0 aliphatic carbocycles. The molecule has 4 rings (SSSR count). The minimum absolute atomic E-state index is 0.225. The lowest BCUT2D eigenvalue weighted by molar-refractivity contribution is 0.0950. The fourth-order valence-corrected chi connectivity index (χ4v) is 3.45. The zero-order valence-electron chi connectivity index (χ0n) is 16.8. The summed E-state index contributed by atoms with van der Waals surface area (Å²) < 4.78 is 15.6. The number of ether oxygens (including phenoxy) is 2. The molecular formula is C23H20N4O3S. The zero-order chi connectivity index (χ0) is 21.5. The summed E-state index contributed by atoms with van der Waals surface area (Å²) in [7, 11) is 1.53. The van der Waals surface area contributed by atoms with Crippen LogP contribution in [0.5, 0.6) is 16.7 Å². The van der Waals surface area contributed by atoms with E-state index in [-0.39, 0.29) is 5.91 Å². The van der Waals surface area contributed by atoms with Gasteiger partial charge in [-0.05, 0) is 35.9 Å². The monoisotopic (exact) mass is 432 g/mol. The third-order valence-corrected chi connectivity index (χ3v) is 5.07. The van der Waals surface area contributed by atoms with Gasteiger partial charge in [0.25, 0.3) is 11.1 Å². The van der Waals surface area contributed by atoms with E-state index >= 15 is 0 Å². The van der Waals surface area contributed by atoms with Crippen molar-refractivity contribution in [3.63, 3.8) is 0 Å². The average molecular weight is 433 g/mol. The van der Waals surface area contributed by atoms with Gasteiger partial charge in [-0.25, -0.2) is 0 Å². The Hall–Kier alpha value is -3.78. The molecule has 8 heteroatoms.